The Morgan fingerprint density at radius 1 is 1.11 bits per heavy atom. The Labute approximate surface area is 117 Å². The fraction of sp³-hybridized carbons (Fsp3) is 0.800. The zero-order valence-corrected chi connectivity index (χ0v) is 12.5. The van der Waals surface area contributed by atoms with Gasteiger partial charge < -0.3 is 14.2 Å². The van der Waals surface area contributed by atoms with E-state index in [1.807, 2.05) is 6.92 Å². The second-order valence-corrected chi connectivity index (χ2v) is 4.44. The fourth-order valence-corrected chi connectivity index (χ4v) is 1.52. The lowest BCUT2D eigenvalue weighted by atomic mass is 10.3. The molecule has 112 valence electrons. The van der Waals surface area contributed by atoms with Gasteiger partial charge in [-0.3, -0.25) is 0 Å². The number of hydrogen-bond acceptors (Lipinski definition) is 4. The van der Waals surface area contributed by atoms with E-state index in [-0.39, 0.29) is 6.29 Å². The lowest BCUT2D eigenvalue weighted by Gasteiger charge is -2.24. The van der Waals surface area contributed by atoms with Crippen molar-refractivity contribution in [2.24, 2.45) is 0 Å². The van der Waals surface area contributed by atoms with Crippen LogP contribution in [0.3, 0.4) is 0 Å². The van der Waals surface area contributed by atoms with E-state index in [1.165, 1.54) is 0 Å². The lowest BCUT2D eigenvalue weighted by molar-refractivity contribution is -0.242. The Hall–Kier alpha value is -0.870. The molecule has 0 amide bonds. The molecule has 0 radical (unpaired) electrons. The van der Waals surface area contributed by atoms with Gasteiger partial charge in [0, 0.05) is 19.1 Å². The summed E-state index contributed by atoms with van der Waals surface area (Å²) in [6.07, 6.45) is 5.70. The molecule has 4 nitrogen and oxygen atoms in total. The molecule has 4 heteroatoms. The third-order valence-electron chi connectivity index (χ3n) is 2.57. The summed E-state index contributed by atoms with van der Waals surface area (Å²) < 4.78 is 16.6. The molecule has 0 rings (SSSR count). The lowest BCUT2D eigenvalue weighted by Crippen LogP contribution is -2.28. The zero-order chi connectivity index (χ0) is 14.5. The molecule has 0 aliphatic heterocycles. The molecular weight excluding hydrogens is 244 g/mol. The molecule has 19 heavy (non-hydrogen) atoms. The molecule has 0 aliphatic rings. The van der Waals surface area contributed by atoms with Crippen LogP contribution in [0, 0.1) is 0 Å². The fourth-order valence-electron chi connectivity index (χ4n) is 1.52. The van der Waals surface area contributed by atoms with Crippen molar-refractivity contribution in [2.75, 3.05) is 6.61 Å². The van der Waals surface area contributed by atoms with Gasteiger partial charge in [-0.25, -0.2) is 4.79 Å². The van der Waals surface area contributed by atoms with E-state index in [1.54, 1.807) is 0 Å². The molecule has 0 aromatic carbocycles. The van der Waals surface area contributed by atoms with E-state index < -0.39 is 12.3 Å². The van der Waals surface area contributed by atoms with Gasteiger partial charge in [-0.15, -0.1) is 0 Å². The van der Waals surface area contributed by atoms with Gasteiger partial charge in [0.1, 0.15) is 0 Å². The van der Waals surface area contributed by atoms with Crippen molar-refractivity contribution in [3.8, 4) is 0 Å². The molecule has 0 spiro atoms. The number of ether oxygens (including phenoxy) is 3. The largest absolute Gasteiger partial charge is 0.433 e. The molecule has 0 fully saturated rings. The maximum Gasteiger partial charge on any atom is 0.332 e. The van der Waals surface area contributed by atoms with Crippen LogP contribution in [-0.2, 0) is 19.0 Å². The van der Waals surface area contributed by atoms with Crippen molar-refractivity contribution in [1.82, 2.24) is 0 Å². The Morgan fingerprint density at radius 2 is 1.74 bits per heavy atom. The normalized spacial score (nSPS) is 13.8. The number of esters is 1. The third-order valence-corrected chi connectivity index (χ3v) is 2.57. The summed E-state index contributed by atoms with van der Waals surface area (Å²) in [4.78, 5) is 11.2. The summed E-state index contributed by atoms with van der Waals surface area (Å²) in [5, 5.41) is 0. The predicted molar refractivity (Wildman–Crippen MR) is 75.6 cm³/mol. The van der Waals surface area contributed by atoms with Gasteiger partial charge in [-0.2, -0.15) is 0 Å². The van der Waals surface area contributed by atoms with Crippen LogP contribution in [0.4, 0.5) is 0 Å². The van der Waals surface area contributed by atoms with Crippen molar-refractivity contribution in [3.05, 3.63) is 12.7 Å². The molecule has 0 bridgehead atoms. The van der Waals surface area contributed by atoms with Crippen LogP contribution >= 0.6 is 0 Å². The van der Waals surface area contributed by atoms with Crippen molar-refractivity contribution in [2.45, 2.75) is 71.9 Å². The highest BCUT2D eigenvalue weighted by atomic mass is 16.8. The number of rotatable bonds is 12. The molecule has 0 aromatic rings. The summed E-state index contributed by atoms with van der Waals surface area (Å²) in [5.41, 5.74) is 0. The van der Waals surface area contributed by atoms with Gasteiger partial charge in [0.15, 0.2) is 6.29 Å². The molecule has 0 saturated carbocycles. The van der Waals surface area contributed by atoms with Crippen LogP contribution < -0.4 is 0 Å². The van der Waals surface area contributed by atoms with E-state index in [0.717, 1.165) is 38.2 Å². The Bertz CT molecular complexity index is 240. The highest BCUT2D eigenvalue weighted by Crippen LogP contribution is 2.13. The van der Waals surface area contributed by atoms with Crippen molar-refractivity contribution in [3.63, 3.8) is 0 Å². The Morgan fingerprint density at radius 3 is 2.26 bits per heavy atom. The summed E-state index contributed by atoms with van der Waals surface area (Å²) >= 11 is 0. The summed E-state index contributed by atoms with van der Waals surface area (Å²) in [6, 6.07) is 0. The maximum atomic E-state index is 11.2. The van der Waals surface area contributed by atoms with Gasteiger partial charge in [0.25, 0.3) is 0 Å². The topological polar surface area (TPSA) is 44.8 Å². The molecule has 2 atom stereocenters. The van der Waals surface area contributed by atoms with Gasteiger partial charge in [0.05, 0.1) is 0 Å². The number of hydrogen-bond donors (Lipinski definition) is 0. The van der Waals surface area contributed by atoms with E-state index in [2.05, 4.69) is 20.4 Å². The molecule has 0 aromatic heterocycles. The average molecular weight is 272 g/mol. The van der Waals surface area contributed by atoms with Gasteiger partial charge >= 0.3 is 5.97 Å². The van der Waals surface area contributed by atoms with E-state index in [9.17, 15) is 4.79 Å². The monoisotopic (exact) mass is 272 g/mol. The molecule has 0 aliphatic carbocycles. The second kappa shape index (κ2) is 12.2. The highest BCUT2D eigenvalue weighted by Gasteiger charge is 2.18. The minimum Gasteiger partial charge on any atom is -0.433 e. The minimum absolute atomic E-state index is 0.300. The van der Waals surface area contributed by atoms with Gasteiger partial charge in [-0.1, -0.05) is 46.6 Å². The first-order valence-electron chi connectivity index (χ1n) is 7.27. The molecule has 2 unspecified atom stereocenters. The quantitative estimate of drug-likeness (QED) is 0.234. The standard InChI is InChI=1S/C15H28O4/c1-5-9-12-17-14(10-6-2)19-15(11-7-3)18-13(16)8-4/h8,14-15H,4-7,9-12H2,1-3H3. The summed E-state index contributed by atoms with van der Waals surface area (Å²) in [7, 11) is 0. The minimum atomic E-state index is -0.548. The average Bonchev–Trinajstić information content (AvgIpc) is 2.39. The van der Waals surface area contributed by atoms with Crippen LogP contribution in [0.2, 0.25) is 0 Å². The smallest absolute Gasteiger partial charge is 0.332 e. The summed E-state index contributed by atoms with van der Waals surface area (Å²) in [6.45, 7) is 10.3. The van der Waals surface area contributed by atoms with Gasteiger partial charge in [0.2, 0.25) is 6.29 Å². The predicted octanol–water partition coefficient (Wildman–Crippen LogP) is 3.80. The number of carbonyl (C=O) groups excluding carboxylic acids is 1. The maximum absolute atomic E-state index is 11.2. The van der Waals surface area contributed by atoms with Crippen LogP contribution in [-0.4, -0.2) is 25.2 Å². The highest BCUT2D eigenvalue weighted by molar-refractivity contribution is 5.81. The van der Waals surface area contributed by atoms with Gasteiger partial charge in [-0.05, 0) is 12.8 Å². The number of unbranched alkanes of at least 4 members (excludes halogenated alkanes) is 1. The second-order valence-electron chi connectivity index (χ2n) is 4.44. The van der Waals surface area contributed by atoms with E-state index >= 15 is 0 Å². The van der Waals surface area contributed by atoms with Crippen LogP contribution in [0.5, 0.6) is 0 Å². The first kappa shape index (κ1) is 18.1. The third kappa shape index (κ3) is 9.68. The molecule has 0 heterocycles. The number of carbonyl (C=O) groups is 1. The van der Waals surface area contributed by atoms with Crippen LogP contribution in [0.15, 0.2) is 12.7 Å². The summed E-state index contributed by atoms with van der Waals surface area (Å²) in [5.74, 6) is -0.456. The Balaban J connectivity index is 4.28. The molecular formula is C15H28O4. The first-order chi connectivity index (χ1) is 9.17. The van der Waals surface area contributed by atoms with Crippen molar-refractivity contribution < 1.29 is 19.0 Å². The zero-order valence-electron chi connectivity index (χ0n) is 12.5. The Kier molecular flexibility index (Phi) is 11.6. The van der Waals surface area contributed by atoms with E-state index in [4.69, 9.17) is 14.2 Å². The van der Waals surface area contributed by atoms with Crippen molar-refractivity contribution in [1.29, 1.82) is 0 Å². The van der Waals surface area contributed by atoms with E-state index in [0.29, 0.717) is 13.0 Å². The molecule has 0 N–H and O–H groups in total. The van der Waals surface area contributed by atoms with Crippen LogP contribution in [0.25, 0.3) is 0 Å². The SMILES string of the molecule is C=CC(=O)OC(CCC)OC(CCC)OCCCC. The van der Waals surface area contributed by atoms with Crippen molar-refractivity contribution >= 4 is 5.97 Å². The van der Waals surface area contributed by atoms with Crippen LogP contribution in [0.1, 0.15) is 59.3 Å². The molecule has 0 saturated heterocycles. The first-order valence-corrected chi connectivity index (χ1v) is 7.27.